The minimum Gasteiger partial charge on any atom is -0.337 e. The summed E-state index contributed by atoms with van der Waals surface area (Å²) in [6.45, 7) is 0.273. The molecule has 1 atom stereocenters. The van der Waals surface area contributed by atoms with E-state index in [1.807, 2.05) is 23.9 Å². The molecule has 7 nitrogen and oxygen atoms in total. The van der Waals surface area contributed by atoms with E-state index in [0.29, 0.717) is 30.5 Å². The summed E-state index contributed by atoms with van der Waals surface area (Å²) < 4.78 is 40.9. The highest BCUT2D eigenvalue weighted by Crippen LogP contribution is 2.43. The fourth-order valence-corrected chi connectivity index (χ4v) is 5.41. The van der Waals surface area contributed by atoms with Crippen LogP contribution in [0.1, 0.15) is 66.2 Å². The summed E-state index contributed by atoms with van der Waals surface area (Å²) in [6, 6.07) is 4.74. The Kier molecular flexibility index (Phi) is 5.49. The predicted molar refractivity (Wildman–Crippen MR) is 115 cm³/mol. The first-order valence-corrected chi connectivity index (χ1v) is 11.5. The number of carbonyl (C=O) groups is 3. The van der Waals surface area contributed by atoms with Crippen LogP contribution >= 0.6 is 0 Å². The van der Waals surface area contributed by atoms with Crippen molar-refractivity contribution in [3.8, 4) is 11.3 Å². The summed E-state index contributed by atoms with van der Waals surface area (Å²) in [5.74, 6) is -1.49. The lowest BCUT2D eigenvalue weighted by atomic mass is 9.81. The van der Waals surface area contributed by atoms with Crippen LogP contribution in [0.5, 0.6) is 0 Å². The fraction of sp³-hybridized carbons (Fsp3) is 0.500. The van der Waals surface area contributed by atoms with E-state index in [2.05, 4.69) is 5.32 Å². The predicted octanol–water partition coefficient (Wildman–Crippen LogP) is 3.68. The van der Waals surface area contributed by atoms with Gasteiger partial charge in [-0.1, -0.05) is 6.07 Å². The van der Waals surface area contributed by atoms with Gasteiger partial charge in [0.25, 0.3) is 5.91 Å². The number of imidazole rings is 1. The summed E-state index contributed by atoms with van der Waals surface area (Å²) in [4.78, 5) is 42.8. The van der Waals surface area contributed by atoms with Gasteiger partial charge in [0.2, 0.25) is 11.8 Å². The van der Waals surface area contributed by atoms with Crippen molar-refractivity contribution >= 4 is 17.7 Å². The average Bonchev–Trinajstić information content (AvgIpc) is 3.33. The van der Waals surface area contributed by atoms with Crippen LogP contribution in [0.25, 0.3) is 11.3 Å². The molecule has 1 N–H and O–H groups in total. The molecule has 3 amide bonds. The molecule has 2 fully saturated rings. The summed E-state index contributed by atoms with van der Waals surface area (Å²) in [5.41, 5.74) is 2.81. The van der Waals surface area contributed by atoms with Gasteiger partial charge in [-0.2, -0.15) is 13.2 Å². The van der Waals surface area contributed by atoms with Gasteiger partial charge in [0, 0.05) is 43.3 Å². The highest BCUT2D eigenvalue weighted by molar-refractivity contribution is 6.05. The number of aryl methyl sites for hydroxylation is 1. The lowest BCUT2D eigenvalue weighted by Crippen LogP contribution is -2.52. The second-order valence-electron chi connectivity index (χ2n) is 9.46. The lowest BCUT2D eigenvalue weighted by molar-refractivity contribution is -0.182. The number of carbonyl (C=O) groups excluding carboxylic acids is 3. The van der Waals surface area contributed by atoms with Gasteiger partial charge in [0.05, 0.1) is 11.6 Å². The van der Waals surface area contributed by atoms with Crippen LogP contribution in [0.3, 0.4) is 0 Å². The normalized spacial score (nSPS) is 25.5. The third-order valence-corrected chi connectivity index (χ3v) is 7.29. The average molecular weight is 474 g/mol. The molecular formula is C24H25F3N4O3. The Bertz CT molecular complexity index is 1160. The van der Waals surface area contributed by atoms with E-state index in [0.717, 1.165) is 17.0 Å². The molecule has 10 heteroatoms. The number of aromatic nitrogens is 2. The smallest absolute Gasteiger partial charge is 0.337 e. The SMILES string of the molecule is Cn1cc(-c2ccc3c(c2)CN(C2CCC(=O)NC2=O)C3=O)nc1[C@H]1CC[C@H](C(F)(F)F)CC1. The summed E-state index contributed by atoms with van der Waals surface area (Å²) in [7, 11) is 1.85. The van der Waals surface area contributed by atoms with Gasteiger partial charge in [-0.15, -0.1) is 0 Å². The quantitative estimate of drug-likeness (QED) is 0.688. The van der Waals surface area contributed by atoms with Crippen LogP contribution in [0.4, 0.5) is 13.2 Å². The molecule has 1 aromatic carbocycles. The Labute approximate surface area is 194 Å². The first-order valence-electron chi connectivity index (χ1n) is 11.5. The Hall–Kier alpha value is -3.17. The van der Waals surface area contributed by atoms with Crippen LogP contribution in [0.15, 0.2) is 24.4 Å². The first-order chi connectivity index (χ1) is 16.1. The van der Waals surface area contributed by atoms with Crippen molar-refractivity contribution in [1.82, 2.24) is 19.8 Å². The number of piperidine rings is 1. The van der Waals surface area contributed by atoms with E-state index >= 15 is 0 Å². The number of imide groups is 1. The van der Waals surface area contributed by atoms with Crippen molar-refractivity contribution in [2.24, 2.45) is 13.0 Å². The van der Waals surface area contributed by atoms with E-state index in [1.54, 1.807) is 12.1 Å². The zero-order chi connectivity index (χ0) is 24.2. The molecule has 0 bridgehead atoms. The molecular weight excluding hydrogens is 449 g/mol. The number of nitrogens with one attached hydrogen (secondary N) is 1. The van der Waals surface area contributed by atoms with Crippen LogP contribution in [0.2, 0.25) is 0 Å². The van der Waals surface area contributed by atoms with Crippen molar-refractivity contribution in [3.63, 3.8) is 0 Å². The second kappa shape index (κ2) is 8.25. The second-order valence-corrected chi connectivity index (χ2v) is 9.46. The zero-order valence-electron chi connectivity index (χ0n) is 18.7. The number of amides is 3. The third-order valence-electron chi connectivity index (χ3n) is 7.29. The van der Waals surface area contributed by atoms with Gasteiger partial charge in [0.1, 0.15) is 11.9 Å². The largest absolute Gasteiger partial charge is 0.391 e. The molecule has 180 valence electrons. The molecule has 1 saturated carbocycles. The van der Waals surface area contributed by atoms with E-state index < -0.39 is 24.0 Å². The third kappa shape index (κ3) is 3.99. The van der Waals surface area contributed by atoms with Gasteiger partial charge < -0.3 is 9.47 Å². The monoisotopic (exact) mass is 474 g/mol. The maximum Gasteiger partial charge on any atom is 0.391 e. The van der Waals surface area contributed by atoms with Gasteiger partial charge in [-0.05, 0) is 49.8 Å². The molecule has 0 spiro atoms. The summed E-state index contributed by atoms with van der Waals surface area (Å²) in [5, 5.41) is 2.29. The Morgan fingerprint density at radius 1 is 1.06 bits per heavy atom. The highest BCUT2D eigenvalue weighted by atomic mass is 19.4. The van der Waals surface area contributed by atoms with Gasteiger partial charge in [0.15, 0.2) is 0 Å². The highest BCUT2D eigenvalue weighted by Gasteiger charge is 2.42. The topological polar surface area (TPSA) is 84.3 Å². The van der Waals surface area contributed by atoms with Crippen LogP contribution in [-0.2, 0) is 23.2 Å². The van der Waals surface area contributed by atoms with E-state index in [9.17, 15) is 27.6 Å². The van der Waals surface area contributed by atoms with Crippen LogP contribution in [-0.4, -0.2) is 44.4 Å². The number of alkyl halides is 3. The Morgan fingerprint density at radius 3 is 2.47 bits per heavy atom. The molecule has 5 rings (SSSR count). The molecule has 2 aliphatic heterocycles. The molecule has 34 heavy (non-hydrogen) atoms. The van der Waals surface area contributed by atoms with E-state index in [-0.39, 0.29) is 43.5 Å². The number of halogens is 3. The summed E-state index contributed by atoms with van der Waals surface area (Å²) >= 11 is 0. The van der Waals surface area contributed by atoms with Crippen molar-refractivity contribution < 1.29 is 27.6 Å². The lowest BCUT2D eigenvalue weighted by Gasteiger charge is -2.29. The van der Waals surface area contributed by atoms with Crippen molar-refractivity contribution in [3.05, 3.63) is 41.3 Å². The standard InChI is InChI=1S/C24H25F3N4O3/c1-30-12-18(28-21(30)13-2-5-16(6-3-13)24(25,26)27)14-4-7-17-15(10-14)11-31(23(17)34)19-8-9-20(32)29-22(19)33/h4,7,10,12-13,16,19H,2-3,5-6,8-9,11H2,1H3,(H,29,32,33)/t13-,16-,19?. The molecule has 1 aromatic heterocycles. The minimum absolute atomic E-state index is 0.0172. The van der Waals surface area contributed by atoms with Gasteiger partial charge >= 0.3 is 6.18 Å². The van der Waals surface area contributed by atoms with Crippen LogP contribution < -0.4 is 5.32 Å². The number of rotatable bonds is 3. The summed E-state index contributed by atoms with van der Waals surface area (Å²) in [6.07, 6.45) is -0.632. The van der Waals surface area contributed by atoms with E-state index in [4.69, 9.17) is 4.98 Å². The molecule has 3 aliphatic rings. The molecule has 0 radical (unpaired) electrons. The Balaban J connectivity index is 1.33. The zero-order valence-corrected chi connectivity index (χ0v) is 18.7. The minimum atomic E-state index is -4.14. The molecule has 1 saturated heterocycles. The number of hydrogen-bond acceptors (Lipinski definition) is 4. The number of fused-ring (bicyclic) bond motifs is 1. The number of hydrogen-bond donors (Lipinski definition) is 1. The Morgan fingerprint density at radius 2 is 1.79 bits per heavy atom. The number of nitrogens with zero attached hydrogens (tertiary/aromatic N) is 3. The number of benzene rings is 1. The van der Waals surface area contributed by atoms with Gasteiger partial charge in [-0.3, -0.25) is 19.7 Å². The van der Waals surface area contributed by atoms with Crippen LogP contribution in [0, 0.1) is 5.92 Å². The first kappa shape index (κ1) is 22.6. The maximum atomic E-state index is 13.0. The van der Waals surface area contributed by atoms with Crippen molar-refractivity contribution in [1.29, 1.82) is 0 Å². The molecule has 1 aliphatic carbocycles. The molecule has 1 unspecified atom stereocenters. The van der Waals surface area contributed by atoms with Crippen molar-refractivity contribution in [2.75, 3.05) is 0 Å². The fourth-order valence-electron chi connectivity index (χ4n) is 5.41. The molecule has 3 heterocycles. The van der Waals surface area contributed by atoms with Crippen molar-refractivity contribution in [2.45, 2.75) is 63.2 Å². The van der Waals surface area contributed by atoms with Gasteiger partial charge in [-0.25, -0.2) is 4.98 Å². The van der Waals surface area contributed by atoms with E-state index in [1.165, 1.54) is 4.90 Å². The molecule has 2 aromatic rings. The maximum absolute atomic E-state index is 13.0.